The van der Waals surface area contributed by atoms with Crippen molar-refractivity contribution >= 4 is 10.9 Å². The standard InChI is InChI=1S/C24H26NO/c1-17-10-11-19-16-24(14-6-3-7-15-24)26-23(19)22(17)21-13-12-18-8-4-5-9-20(18)25(21)2/h4-5,8-13H,3,6-7,14-16H2,1-2H3/q+1. The molecule has 1 aromatic heterocycles. The maximum atomic E-state index is 6.76. The van der Waals surface area contributed by atoms with Crippen molar-refractivity contribution in [2.75, 3.05) is 0 Å². The molecule has 5 rings (SSSR count). The summed E-state index contributed by atoms with van der Waals surface area (Å²) < 4.78 is 9.07. The summed E-state index contributed by atoms with van der Waals surface area (Å²) in [6.45, 7) is 2.21. The lowest BCUT2D eigenvalue weighted by Gasteiger charge is -2.32. The van der Waals surface area contributed by atoms with E-state index in [1.165, 1.54) is 65.4 Å². The van der Waals surface area contributed by atoms with Gasteiger partial charge in [0.2, 0.25) is 11.2 Å². The number of benzene rings is 2. The Balaban J connectivity index is 1.68. The number of rotatable bonds is 1. The Morgan fingerprint density at radius 2 is 1.73 bits per heavy atom. The first-order valence-electron chi connectivity index (χ1n) is 9.87. The summed E-state index contributed by atoms with van der Waals surface area (Å²) >= 11 is 0. The minimum absolute atomic E-state index is 0.0541. The number of para-hydroxylation sites is 1. The Kier molecular flexibility index (Phi) is 3.56. The van der Waals surface area contributed by atoms with Gasteiger partial charge in [-0.05, 0) is 55.9 Å². The second kappa shape index (κ2) is 5.84. The number of pyridine rings is 1. The van der Waals surface area contributed by atoms with Crippen molar-refractivity contribution in [1.82, 2.24) is 0 Å². The van der Waals surface area contributed by atoms with Gasteiger partial charge in [0, 0.05) is 23.9 Å². The number of nitrogens with zero attached hydrogens (tertiary/aromatic N) is 1. The summed E-state index contributed by atoms with van der Waals surface area (Å²) in [6, 6.07) is 17.6. The van der Waals surface area contributed by atoms with Crippen LogP contribution in [0, 0.1) is 6.92 Å². The smallest absolute Gasteiger partial charge is 0.216 e. The molecule has 2 aromatic carbocycles. The highest BCUT2D eigenvalue weighted by atomic mass is 16.5. The molecule has 0 unspecified atom stereocenters. The van der Waals surface area contributed by atoms with Gasteiger partial charge in [-0.25, -0.2) is 0 Å². The molecule has 1 fully saturated rings. The van der Waals surface area contributed by atoms with Crippen molar-refractivity contribution in [1.29, 1.82) is 0 Å². The van der Waals surface area contributed by atoms with Crippen LogP contribution in [-0.4, -0.2) is 5.60 Å². The highest BCUT2D eigenvalue weighted by Gasteiger charge is 2.42. The maximum Gasteiger partial charge on any atom is 0.216 e. The molecule has 0 amide bonds. The van der Waals surface area contributed by atoms with Crippen molar-refractivity contribution in [3.8, 4) is 17.0 Å². The van der Waals surface area contributed by atoms with Crippen LogP contribution in [0.2, 0.25) is 0 Å². The number of aryl methyl sites for hydroxylation is 2. The van der Waals surface area contributed by atoms with E-state index < -0.39 is 0 Å². The Bertz CT molecular complexity index is 999. The lowest BCUT2D eigenvalue weighted by atomic mass is 9.82. The van der Waals surface area contributed by atoms with Gasteiger partial charge in [-0.2, -0.15) is 4.57 Å². The monoisotopic (exact) mass is 344 g/mol. The van der Waals surface area contributed by atoms with Crippen LogP contribution in [0.3, 0.4) is 0 Å². The predicted octanol–water partition coefficient (Wildman–Crippen LogP) is 5.28. The first kappa shape index (κ1) is 15.9. The zero-order valence-corrected chi connectivity index (χ0v) is 15.7. The second-order valence-electron chi connectivity index (χ2n) is 8.10. The van der Waals surface area contributed by atoms with Crippen LogP contribution >= 0.6 is 0 Å². The molecule has 132 valence electrons. The Morgan fingerprint density at radius 1 is 0.923 bits per heavy atom. The van der Waals surface area contributed by atoms with Crippen LogP contribution in [-0.2, 0) is 13.5 Å². The third-order valence-corrected chi connectivity index (χ3v) is 6.38. The summed E-state index contributed by atoms with van der Waals surface area (Å²) in [5.74, 6) is 1.14. The molecular weight excluding hydrogens is 318 g/mol. The molecule has 0 saturated heterocycles. The molecule has 1 saturated carbocycles. The number of aromatic nitrogens is 1. The first-order valence-corrected chi connectivity index (χ1v) is 9.87. The molecule has 0 N–H and O–H groups in total. The van der Waals surface area contributed by atoms with Gasteiger partial charge < -0.3 is 4.74 Å². The molecule has 1 aliphatic carbocycles. The van der Waals surface area contributed by atoms with Crippen molar-refractivity contribution in [3.05, 3.63) is 59.7 Å². The van der Waals surface area contributed by atoms with Gasteiger partial charge >= 0.3 is 0 Å². The van der Waals surface area contributed by atoms with Crippen molar-refractivity contribution in [2.45, 2.75) is 51.0 Å². The highest BCUT2D eigenvalue weighted by Crippen LogP contribution is 2.48. The van der Waals surface area contributed by atoms with Gasteiger partial charge in [-0.3, -0.25) is 0 Å². The Hall–Kier alpha value is -2.35. The van der Waals surface area contributed by atoms with Crippen LogP contribution in [0.15, 0.2) is 48.5 Å². The van der Waals surface area contributed by atoms with Gasteiger partial charge in [0.05, 0.1) is 5.56 Å². The molecule has 1 spiro atoms. The van der Waals surface area contributed by atoms with Crippen LogP contribution in [0.25, 0.3) is 22.2 Å². The summed E-state index contributed by atoms with van der Waals surface area (Å²) in [7, 11) is 2.17. The summed E-state index contributed by atoms with van der Waals surface area (Å²) in [5, 5.41) is 1.27. The molecule has 0 bridgehead atoms. The third kappa shape index (κ3) is 2.35. The average Bonchev–Trinajstić information content (AvgIpc) is 3.01. The average molecular weight is 344 g/mol. The van der Waals surface area contributed by atoms with Crippen LogP contribution in [0.1, 0.15) is 43.2 Å². The van der Waals surface area contributed by atoms with Crippen molar-refractivity contribution in [2.24, 2.45) is 7.05 Å². The number of fused-ring (bicyclic) bond motifs is 2. The van der Waals surface area contributed by atoms with E-state index in [0.717, 1.165) is 12.2 Å². The van der Waals surface area contributed by atoms with E-state index in [0.29, 0.717) is 0 Å². The minimum atomic E-state index is 0.0541. The molecule has 26 heavy (non-hydrogen) atoms. The van der Waals surface area contributed by atoms with E-state index in [4.69, 9.17) is 4.74 Å². The fourth-order valence-corrected chi connectivity index (χ4v) is 4.97. The van der Waals surface area contributed by atoms with Crippen LogP contribution < -0.4 is 9.30 Å². The predicted molar refractivity (Wildman–Crippen MR) is 105 cm³/mol. The topological polar surface area (TPSA) is 13.1 Å². The SMILES string of the molecule is Cc1ccc2c(c1-c1ccc3ccccc3[n+]1C)OC1(CCCCC1)C2. The zero-order chi connectivity index (χ0) is 17.7. The van der Waals surface area contributed by atoms with E-state index in [2.05, 4.69) is 67.1 Å². The number of ether oxygens (including phenoxy) is 1. The van der Waals surface area contributed by atoms with Gasteiger partial charge in [-0.15, -0.1) is 0 Å². The van der Waals surface area contributed by atoms with E-state index in [9.17, 15) is 0 Å². The normalized spacial score (nSPS) is 18.1. The van der Waals surface area contributed by atoms with Crippen molar-refractivity contribution < 1.29 is 9.30 Å². The molecule has 2 heterocycles. The largest absolute Gasteiger partial charge is 0.486 e. The minimum Gasteiger partial charge on any atom is -0.486 e. The molecule has 3 aromatic rings. The summed E-state index contributed by atoms with van der Waals surface area (Å²) in [5.41, 5.74) is 6.51. The zero-order valence-electron chi connectivity index (χ0n) is 15.7. The van der Waals surface area contributed by atoms with Gasteiger partial charge in [0.1, 0.15) is 18.4 Å². The number of hydrogen-bond acceptors (Lipinski definition) is 1. The Morgan fingerprint density at radius 3 is 2.58 bits per heavy atom. The molecule has 2 nitrogen and oxygen atoms in total. The van der Waals surface area contributed by atoms with Crippen LogP contribution in [0.5, 0.6) is 5.75 Å². The van der Waals surface area contributed by atoms with Crippen LogP contribution in [0.4, 0.5) is 0 Å². The molecular formula is C24H26NO+. The van der Waals surface area contributed by atoms with E-state index >= 15 is 0 Å². The van der Waals surface area contributed by atoms with Gasteiger partial charge in [-0.1, -0.05) is 30.7 Å². The number of hydrogen-bond donors (Lipinski definition) is 0. The van der Waals surface area contributed by atoms with E-state index in [-0.39, 0.29) is 5.60 Å². The molecule has 1 aliphatic heterocycles. The molecule has 2 aliphatic rings. The van der Waals surface area contributed by atoms with Crippen molar-refractivity contribution in [3.63, 3.8) is 0 Å². The molecule has 0 radical (unpaired) electrons. The summed E-state index contributed by atoms with van der Waals surface area (Å²) in [4.78, 5) is 0. The first-order chi connectivity index (χ1) is 12.7. The fourth-order valence-electron chi connectivity index (χ4n) is 4.97. The second-order valence-corrected chi connectivity index (χ2v) is 8.10. The quantitative estimate of drug-likeness (QED) is 0.548. The summed E-state index contributed by atoms with van der Waals surface area (Å²) in [6.07, 6.45) is 7.42. The molecule has 2 heteroatoms. The van der Waals surface area contributed by atoms with E-state index in [1.54, 1.807) is 0 Å². The Labute approximate surface area is 155 Å². The maximum absolute atomic E-state index is 6.76. The molecule has 0 atom stereocenters. The van der Waals surface area contributed by atoms with Gasteiger partial charge in [0.25, 0.3) is 0 Å². The fraction of sp³-hybridized carbons (Fsp3) is 0.375. The highest BCUT2D eigenvalue weighted by molar-refractivity contribution is 5.80. The van der Waals surface area contributed by atoms with E-state index in [1.807, 2.05) is 0 Å². The lowest BCUT2D eigenvalue weighted by Crippen LogP contribution is -2.36. The lowest BCUT2D eigenvalue weighted by molar-refractivity contribution is -0.633. The third-order valence-electron chi connectivity index (χ3n) is 6.38. The van der Waals surface area contributed by atoms with Gasteiger partial charge in [0.15, 0.2) is 0 Å².